The third-order valence-electron chi connectivity index (χ3n) is 4.09. The van der Waals surface area contributed by atoms with E-state index in [1.54, 1.807) is 11.3 Å². The average Bonchev–Trinajstić information content (AvgIpc) is 2.92. The number of rotatable bonds is 7. The van der Waals surface area contributed by atoms with Gasteiger partial charge in [0.25, 0.3) is 0 Å². The van der Waals surface area contributed by atoms with Crippen LogP contribution in [0.5, 0.6) is 0 Å². The molecule has 2 rings (SSSR count). The highest BCUT2D eigenvalue weighted by molar-refractivity contribution is 7.18. The summed E-state index contributed by atoms with van der Waals surface area (Å²) < 4.78 is 1.18. The Morgan fingerprint density at radius 1 is 1.33 bits per heavy atom. The summed E-state index contributed by atoms with van der Waals surface area (Å²) in [7, 11) is 0. The first-order valence-electron chi connectivity index (χ1n) is 7.48. The number of aromatic nitrogens is 1. The molecule has 0 saturated carbocycles. The number of thiazole rings is 1. The molecule has 1 aromatic carbocycles. The van der Waals surface area contributed by atoms with Crippen molar-refractivity contribution >= 4 is 27.5 Å². The lowest BCUT2D eigenvalue weighted by Gasteiger charge is -2.29. The minimum Gasteiger partial charge on any atom is -0.354 e. The van der Waals surface area contributed by atoms with Crippen LogP contribution in [0, 0.1) is 5.41 Å². The molecule has 0 bridgehead atoms. The van der Waals surface area contributed by atoms with Crippen LogP contribution in [-0.2, 0) is 11.2 Å². The molecule has 0 aliphatic rings. The van der Waals surface area contributed by atoms with Crippen molar-refractivity contribution in [3.05, 3.63) is 29.3 Å². The minimum absolute atomic E-state index is 0.0946. The summed E-state index contributed by atoms with van der Waals surface area (Å²) in [6, 6.07) is 8.10. The number of carbonyl (C=O) groups is 1. The summed E-state index contributed by atoms with van der Waals surface area (Å²) in [6.07, 6.45) is 2.29. The van der Waals surface area contributed by atoms with Crippen LogP contribution in [0.2, 0.25) is 0 Å². The van der Waals surface area contributed by atoms with Gasteiger partial charge in [-0.15, -0.1) is 11.3 Å². The molecule has 1 aromatic heterocycles. The summed E-state index contributed by atoms with van der Waals surface area (Å²) in [4.78, 5) is 17.2. The van der Waals surface area contributed by atoms with Gasteiger partial charge >= 0.3 is 0 Å². The SMILES string of the molecule is CCC(CC)(Cc1nc2ccccc2s1)C(=O)NCCN. The van der Waals surface area contributed by atoms with E-state index < -0.39 is 0 Å². The zero-order valence-electron chi connectivity index (χ0n) is 12.7. The number of nitrogens with one attached hydrogen (secondary N) is 1. The van der Waals surface area contributed by atoms with Crippen molar-refractivity contribution in [2.24, 2.45) is 11.1 Å². The summed E-state index contributed by atoms with van der Waals surface area (Å²) in [5.74, 6) is 0.0946. The molecule has 0 aliphatic carbocycles. The zero-order chi connectivity index (χ0) is 15.3. The largest absolute Gasteiger partial charge is 0.354 e. The van der Waals surface area contributed by atoms with Gasteiger partial charge < -0.3 is 11.1 Å². The van der Waals surface area contributed by atoms with Gasteiger partial charge in [-0.3, -0.25) is 4.79 Å². The monoisotopic (exact) mass is 305 g/mol. The Bertz CT molecular complexity index is 571. The maximum absolute atomic E-state index is 12.5. The van der Waals surface area contributed by atoms with E-state index in [1.807, 2.05) is 18.2 Å². The lowest BCUT2D eigenvalue weighted by molar-refractivity contribution is -0.131. The molecule has 2 aromatic rings. The maximum Gasteiger partial charge on any atom is 0.226 e. The summed E-state index contributed by atoms with van der Waals surface area (Å²) in [5, 5.41) is 3.97. The summed E-state index contributed by atoms with van der Waals surface area (Å²) in [6.45, 7) is 5.13. The normalized spacial score (nSPS) is 11.8. The van der Waals surface area contributed by atoms with Gasteiger partial charge in [-0.25, -0.2) is 4.98 Å². The third-order valence-corrected chi connectivity index (χ3v) is 5.13. The lowest BCUT2D eigenvalue weighted by atomic mass is 9.78. The van der Waals surface area contributed by atoms with Gasteiger partial charge in [-0.1, -0.05) is 26.0 Å². The highest BCUT2D eigenvalue weighted by Crippen LogP contribution is 2.34. The van der Waals surface area contributed by atoms with Crippen LogP contribution >= 0.6 is 11.3 Å². The molecular formula is C16H23N3OS. The smallest absolute Gasteiger partial charge is 0.226 e. The number of benzene rings is 1. The van der Waals surface area contributed by atoms with Crippen molar-refractivity contribution in [1.82, 2.24) is 10.3 Å². The van der Waals surface area contributed by atoms with Crippen molar-refractivity contribution in [3.63, 3.8) is 0 Å². The second-order valence-corrected chi connectivity index (χ2v) is 6.40. The van der Waals surface area contributed by atoms with Gasteiger partial charge in [0, 0.05) is 19.5 Å². The maximum atomic E-state index is 12.5. The fraction of sp³-hybridized carbons (Fsp3) is 0.500. The van der Waals surface area contributed by atoms with Crippen LogP contribution < -0.4 is 11.1 Å². The standard InChI is InChI=1S/C16H23N3OS/c1-3-16(4-2,15(20)18-10-9-17)11-14-19-12-7-5-6-8-13(12)21-14/h5-8H,3-4,9-11,17H2,1-2H3,(H,18,20). The predicted molar refractivity (Wildman–Crippen MR) is 88.4 cm³/mol. The van der Waals surface area contributed by atoms with Crippen molar-refractivity contribution < 1.29 is 4.79 Å². The lowest BCUT2D eigenvalue weighted by Crippen LogP contribution is -2.43. The summed E-state index contributed by atoms with van der Waals surface area (Å²) in [5.41, 5.74) is 6.11. The Balaban J connectivity index is 2.24. The number of hydrogen-bond donors (Lipinski definition) is 2. The van der Waals surface area contributed by atoms with Crippen LogP contribution in [0.1, 0.15) is 31.7 Å². The number of hydrogen-bond acceptors (Lipinski definition) is 4. The molecule has 4 nitrogen and oxygen atoms in total. The first-order chi connectivity index (χ1) is 10.1. The van der Waals surface area contributed by atoms with Gasteiger partial charge in [0.05, 0.1) is 20.6 Å². The molecule has 5 heteroatoms. The number of nitrogens with zero attached hydrogens (tertiary/aromatic N) is 1. The fourth-order valence-corrected chi connectivity index (χ4v) is 3.67. The molecule has 1 amide bonds. The molecule has 1 heterocycles. The number of para-hydroxylation sites is 1. The number of amides is 1. The van der Waals surface area contributed by atoms with Gasteiger partial charge in [0.1, 0.15) is 0 Å². The topological polar surface area (TPSA) is 68.0 Å². The second-order valence-electron chi connectivity index (χ2n) is 5.28. The molecule has 3 N–H and O–H groups in total. The molecule has 0 unspecified atom stereocenters. The number of carbonyl (C=O) groups excluding carboxylic acids is 1. The van der Waals surface area contributed by atoms with Gasteiger partial charge in [0.15, 0.2) is 0 Å². The van der Waals surface area contributed by atoms with E-state index in [0.29, 0.717) is 19.5 Å². The molecule has 0 spiro atoms. The van der Waals surface area contributed by atoms with Crippen LogP contribution in [0.4, 0.5) is 0 Å². The van der Waals surface area contributed by atoms with Crippen LogP contribution in [0.15, 0.2) is 24.3 Å². The molecule has 21 heavy (non-hydrogen) atoms. The van der Waals surface area contributed by atoms with Crippen molar-refractivity contribution in [2.45, 2.75) is 33.1 Å². The van der Waals surface area contributed by atoms with E-state index >= 15 is 0 Å². The van der Waals surface area contributed by atoms with Gasteiger partial charge in [-0.2, -0.15) is 0 Å². The molecule has 0 atom stereocenters. The third kappa shape index (κ3) is 3.41. The first kappa shape index (κ1) is 15.9. The zero-order valence-corrected chi connectivity index (χ0v) is 13.5. The predicted octanol–water partition coefficient (Wildman–Crippen LogP) is 2.72. The fourth-order valence-electron chi connectivity index (χ4n) is 2.56. The molecule has 114 valence electrons. The highest BCUT2D eigenvalue weighted by atomic mass is 32.1. The quantitative estimate of drug-likeness (QED) is 0.826. The van der Waals surface area contributed by atoms with E-state index in [0.717, 1.165) is 23.4 Å². The van der Waals surface area contributed by atoms with Crippen LogP contribution in [-0.4, -0.2) is 24.0 Å². The van der Waals surface area contributed by atoms with E-state index in [9.17, 15) is 4.79 Å². The first-order valence-corrected chi connectivity index (χ1v) is 8.29. The number of nitrogens with two attached hydrogens (primary N) is 1. The van der Waals surface area contributed by atoms with E-state index in [1.165, 1.54) is 4.70 Å². The molecular weight excluding hydrogens is 282 g/mol. The Labute approximate surface area is 129 Å². The average molecular weight is 305 g/mol. The minimum atomic E-state index is -0.386. The van der Waals surface area contributed by atoms with Gasteiger partial charge in [-0.05, 0) is 25.0 Å². The van der Waals surface area contributed by atoms with E-state index in [4.69, 9.17) is 5.73 Å². The van der Waals surface area contributed by atoms with Crippen molar-refractivity contribution in [3.8, 4) is 0 Å². The Hall–Kier alpha value is -1.46. The van der Waals surface area contributed by atoms with Gasteiger partial charge in [0.2, 0.25) is 5.91 Å². The Kier molecular flexibility index (Phi) is 5.31. The highest BCUT2D eigenvalue weighted by Gasteiger charge is 2.35. The second kappa shape index (κ2) is 7.00. The molecule has 0 fully saturated rings. The van der Waals surface area contributed by atoms with Crippen LogP contribution in [0.3, 0.4) is 0 Å². The summed E-state index contributed by atoms with van der Waals surface area (Å²) >= 11 is 1.68. The van der Waals surface area contributed by atoms with Crippen molar-refractivity contribution in [1.29, 1.82) is 0 Å². The molecule has 0 radical (unpaired) electrons. The molecule has 0 saturated heterocycles. The molecule has 0 aliphatic heterocycles. The van der Waals surface area contributed by atoms with E-state index in [-0.39, 0.29) is 11.3 Å². The Morgan fingerprint density at radius 3 is 2.67 bits per heavy atom. The van der Waals surface area contributed by atoms with Crippen LogP contribution in [0.25, 0.3) is 10.2 Å². The van der Waals surface area contributed by atoms with Crippen molar-refractivity contribution in [2.75, 3.05) is 13.1 Å². The number of fused-ring (bicyclic) bond motifs is 1. The van der Waals surface area contributed by atoms with E-state index in [2.05, 4.69) is 30.2 Å². The Morgan fingerprint density at radius 2 is 2.05 bits per heavy atom.